The quantitative estimate of drug-likeness (QED) is 0.414. The number of thioether (sulfide) groups is 1. The highest BCUT2D eigenvalue weighted by Crippen LogP contribution is 2.41. The molecular weight excluding hydrogens is 505 g/mol. The van der Waals surface area contributed by atoms with Crippen molar-refractivity contribution in [2.24, 2.45) is 4.99 Å². The summed E-state index contributed by atoms with van der Waals surface area (Å²) < 4.78 is 10.9. The van der Waals surface area contributed by atoms with E-state index in [1.54, 1.807) is 25.1 Å². The Morgan fingerprint density at radius 2 is 1.97 bits per heavy atom. The number of benzene rings is 2. The number of aromatic hydroxyl groups is 1. The fourth-order valence-electron chi connectivity index (χ4n) is 2.60. The van der Waals surface area contributed by atoms with Crippen LogP contribution in [-0.4, -0.2) is 34.9 Å². The summed E-state index contributed by atoms with van der Waals surface area (Å²) in [4.78, 5) is 17.4. The summed E-state index contributed by atoms with van der Waals surface area (Å²) in [6.07, 6.45) is 1.71. The molecule has 0 unspecified atom stereocenters. The Kier molecular flexibility index (Phi) is 6.86. The molecule has 1 aliphatic heterocycles. The fourth-order valence-corrected chi connectivity index (χ4v) is 4.26. The third-order valence-electron chi connectivity index (χ3n) is 3.93. The summed E-state index contributed by atoms with van der Waals surface area (Å²) in [5, 5.41) is 21.1. The topological polar surface area (TPSA) is 88.4 Å². The number of para-hydroxylation sites is 1. The lowest BCUT2D eigenvalue weighted by Gasteiger charge is -2.07. The Hall–Kier alpha value is -2.46. The SMILES string of the molecule is CCOC(=O)C1=C(O)C(=Cc2cc(I)c(O)c(OC)c2)SC1=Nc1ccccc1. The van der Waals surface area contributed by atoms with Crippen molar-refractivity contribution in [3.05, 3.63) is 67.8 Å². The first-order chi connectivity index (χ1) is 13.9. The molecule has 1 heterocycles. The molecular formula is C21H18INO5S. The summed E-state index contributed by atoms with van der Waals surface area (Å²) in [7, 11) is 1.47. The molecule has 0 aromatic heterocycles. The lowest BCUT2D eigenvalue weighted by atomic mass is 10.1. The molecule has 0 spiro atoms. The molecule has 1 aliphatic rings. The van der Waals surface area contributed by atoms with Gasteiger partial charge in [0.25, 0.3) is 0 Å². The Morgan fingerprint density at radius 3 is 2.62 bits per heavy atom. The van der Waals surface area contributed by atoms with Crippen LogP contribution < -0.4 is 4.74 Å². The van der Waals surface area contributed by atoms with Crippen LogP contribution in [0.4, 0.5) is 5.69 Å². The molecule has 2 aromatic carbocycles. The second kappa shape index (κ2) is 9.36. The average Bonchev–Trinajstić information content (AvgIpc) is 3.00. The number of aliphatic hydroxyl groups is 1. The van der Waals surface area contributed by atoms with Gasteiger partial charge in [0.1, 0.15) is 16.4 Å². The third kappa shape index (κ3) is 4.76. The van der Waals surface area contributed by atoms with Crippen LogP contribution in [0.15, 0.2) is 63.7 Å². The number of halogens is 1. The zero-order valence-corrected chi connectivity index (χ0v) is 18.7. The van der Waals surface area contributed by atoms with Crippen LogP contribution in [0.3, 0.4) is 0 Å². The Bertz CT molecular complexity index is 1030. The number of nitrogens with zero attached hydrogens (tertiary/aromatic N) is 1. The van der Waals surface area contributed by atoms with Crippen molar-refractivity contribution in [2.45, 2.75) is 6.92 Å². The molecule has 8 heteroatoms. The van der Waals surface area contributed by atoms with E-state index in [-0.39, 0.29) is 23.7 Å². The van der Waals surface area contributed by atoms with Gasteiger partial charge in [-0.3, -0.25) is 0 Å². The van der Waals surface area contributed by atoms with Crippen molar-refractivity contribution in [3.8, 4) is 11.5 Å². The number of phenolic OH excluding ortho intramolecular Hbond substituents is 1. The van der Waals surface area contributed by atoms with E-state index in [0.717, 1.165) is 0 Å². The van der Waals surface area contributed by atoms with Crippen molar-refractivity contribution >= 4 is 57.1 Å². The normalized spacial score (nSPS) is 16.5. The largest absolute Gasteiger partial charge is 0.506 e. The number of carbonyl (C=O) groups excluding carboxylic acids is 1. The van der Waals surface area contributed by atoms with Crippen molar-refractivity contribution < 1.29 is 24.5 Å². The fraction of sp³-hybridized carbons (Fsp3) is 0.143. The average molecular weight is 523 g/mol. The monoisotopic (exact) mass is 523 g/mol. The Balaban J connectivity index is 2.07. The van der Waals surface area contributed by atoms with Gasteiger partial charge in [-0.15, -0.1) is 0 Å². The molecule has 0 bridgehead atoms. The van der Waals surface area contributed by atoms with Crippen LogP contribution in [0.2, 0.25) is 0 Å². The van der Waals surface area contributed by atoms with Crippen molar-refractivity contribution in [1.82, 2.24) is 0 Å². The van der Waals surface area contributed by atoms with Crippen LogP contribution >= 0.6 is 34.4 Å². The molecule has 0 amide bonds. The van der Waals surface area contributed by atoms with Gasteiger partial charge >= 0.3 is 5.97 Å². The molecule has 6 nitrogen and oxygen atoms in total. The van der Waals surface area contributed by atoms with Gasteiger partial charge in [-0.25, -0.2) is 9.79 Å². The summed E-state index contributed by atoms with van der Waals surface area (Å²) in [5.41, 5.74) is 1.39. The van der Waals surface area contributed by atoms with Crippen LogP contribution in [0, 0.1) is 3.57 Å². The second-order valence-corrected chi connectivity index (χ2v) is 8.05. The van der Waals surface area contributed by atoms with Gasteiger partial charge in [0.2, 0.25) is 0 Å². The summed E-state index contributed by atoms with van der Waals surface area (Å²) in [6.45, 7) is 1.89. The highest BCUT2D eigenvalue weighted by Gasteiger charge is 2.33. The van der Waals surface area contributed by atoms with Gasteiger partial charge in [-0.1, -0.05) is 30.0 Å². The molecule has 2 aromatic rings. The number of rotatable bonds is 5. The van der Waals surface area contributed by atoms with Gasteiger partial charge in [0, 0.05) is 0 Å². The van der Waals surface area contributed by atoms with E-state index in [4.69, 9.17) is 9.47 Å². The van der Waals surface area contributed by atoms with Crippen molar-refractivity contribution in [3.63, 3.8) is 0 Å². The highest BCUT2D eigenvalue weighted by atomic mass is 127. The number of hydrogen-bond acceptors (Lipinski definition) is 7. The standard InChI is InChI=1S/C21H18INO5S/c1-3-28-21(26)17-19(25)16(29-20(17)23-13-7-5-4-6-8-13)11-12-9-14(22)18(24)15(10-12)27-2/h4-11,24-25H,3H2,1-2H3. The third-order valence-corrected chi connectivity index (χ3v) is 5.77. The minimum atomic E-state index is -0.631. The number of hydrogen-bond donors (Lipinski definition) is 2. The first-order valence-electron chi connectivity index (χ1n) is 8.65. The number of methoxy groups -OCH3 is 1. The minimum absolute atomic E-state index is 0.0346. The van der Waals surface area contributed by atoms with Crippen LogP contribution in [0.1, 0.15) is 12.5 Å². The van der Waals surface area contributed by atoms with Gasteiger partial charge < -0.3 is 19.7 Å². The van der Waals surface area contributed by atoms with Gasteiger partial charge in [0.05, 0.1) is 27.9 Å². The Labute approximate surface area is 186 Å². The van der Waals surface area contributed by atoms with E-state index in [1.165, 1.54) is 18.9 Å². The van der Waals surface area contributed by atoms with Crippen LogP contribution in [-0.2, 0) is 9.53 Å². The smallest absolute Gasteiger partial charge is 0.344 e. The molecule has 0 aliphatic carbocycles. The van der Waals surface area contributed by atoms with Crippen molar-refractivity contribution in [2.75, 3.05) is 13.7 Å². The second-order valence-electron chi connectivity index (χ2n) is 5.86. The zero-order chi connectivity index (χ0) is 21.0. The molecule has 0 saturated carbocycles. The summed E-state index contributed by atoms with van der Waals surface area (Å²) in [5.74, 6) is -0.453. The number of esters is 1. The van der Waals surface area contributed by atoms with E-state index in [9.17, 15) is 15.0 Å². The molecule has 0 fully saturated rings. The maximum atomic E-state index is 12.4. The molecule has 2 N–H and O–H groups in total. The molecule has 0 atom stereocenters. The predicted molar refractivity (Wildman–Crippen MR) is 123 cm³/mol. The molecule has 0 radical (unpaired) electrons. The predicted octanol–water partition coefficient (Wildman–Crippen LogP) is 5.20. The Morgan fingerprint density at radius 1 is 1.24 bits per heavy atom. The zero-order valence-electron chi connectivity index (χ0n) is 15.7. The number of aliphatic imine (C=N–C) groups is 1. The van der Waals surface area contributed by atoms with E-state index in [1.807, 2.05) is 52.9 Å². The van der Waals surface area contributed by atoms with Crippen molar-refractivity contribution in [1.29, 1.82) is 0 Å². The van der Waals surface area contributed by atoms with Crippen LogP contribution in [0.25, 0.3) is 6.08 Å². The molecule has 29 heavy (non-hydrogen) atoms. The number of aliphatic hydroxyl groups excluding tert-OH is 1. The maximum absolute atomic E-state index is 12.4. The maximum Gasteiger partial charge on any atom is 0.344 e. The van der Waals surface area contributed by atoms with Gasteiger partial charge in [0.15, 0.2) is 11.5 Å². The van der Waals surface area contributed by atoms with Gasteiger partial charge in [-0.05, 0) is 65.4 Å². The van der Waals surface area contributed by atoms with E-state index in [2.05, 4.69) is 4.99 Å². The molecule has 0 saturated heterocycles. The first kappa shape index (κ1) is 21.3. The minimum Gasteiger partial charge on any atom is -0.506 e. The molecule has 150 valence electrons. The number of carbonyl (C=O) groups is 1. The number of ether oxygens (including phenoxy) is 2. The van der Waals surface area contributed by atoms with E-state index in [0.29, 0.717) is 30.5 Å². The van der Waals surface area contributed by atoms with Gasteiger partial charge in [-0.2, -0.15) is 0 Å². The highest BCUT2D eigenvalue weighted by molar-refractivity contribution is 14.1. The number of phenols is 1. The van der Waals surface area contributed by atoms with Crippen LogP contribution in [0.5, 0.6) is 11.5 Å². The van der Waals surface area contributed by atoms with E-state index < -0.39 is 5.97 Å². The first-order valence-corrected chi connectivity index (χ1v) is 10.5. The van der Waals surface area contributed by atoms with E-state index >= 15 is 0 Å². The summed E-state index contributed by atoms with van der Waals surface area (Å²) >= 11 is 3.17. The lowest BCUT2D eigenvalue weighted by Crippen LogP contribution is -2.12. The molecule has 3 rings (SSSR count). The summed E-state index contributed by atoms with van der Waals surface area (Å²) in [6, 6.07) is 12.6. The lowest BCUT2D eigenvalue weighted by molar-refractivity contribution is -0.138.